The molecule has 3 nitrogen and oxygen atoms in total. The number of hydrogen-bond acceptors (Lipinski definition) is 1. The zero-order chi connectivity index (χ0) is 9.14. The Morgan fingerprint density at radius 2 is 2.25 bits per heavy atom. The molecule has 0 aliphatic carbocycles. The van der Waals surface area contributed by atoms with Gasteiger partial charge in [0.2, 0.25) is 0 Å². The summed E-state index contributed by atoms with van der Waals surface area (Å²) in [4.78, 5) is 14.8. The average molecular weight is 204 g/mol. The van der Waals surface area contributed by atoms with Crippen LogP contribution in [0.15, 0.2) is 12.2 Å². The number of likely N-dealkylation sites (N-methyl/N-ethyl adjacent to an activating group) is 1. The quantitative estimate of drug-likeness (QED) is 0.646. The number of amides is 2. The van der Waals surface area contributed by atoms with Crippen LogP contribution in [0.2, 0.25) is 0 Å². The summed E-state index contributed by atoms with van der Waals surface area (Å²) in [5.41, 5.74) is 0. The van der Waals surface area contributed by atoms with Gasteiger partial charge in [-0.1, -0.05) is 0 Å². The fourth-order valence-corrected chi connectivity index (χ4v) is 1.56. The Morgan fingerprint density at radius 3 is 2.67 bits per heavy atom. The van der Waals surface area contributed by atoms with Crippen molar-refractivity contribution in [3.8, 4) is 0 Å². The molecule has 2 amide bonds. The molecule has 0 N–H and O–H groups in total. The number of allylic oxidation sites excluding steroid dienone is 1. The fraction of sp³-hybridized carbons (Fsp3) is 0.500. The van der Waals surface area contributed by atoms with Gasteiger partial charge in [-0.15, -0.1) is 0 Å². The van der Waals surface area contributed by atoms with E-state index in [0.29, 0.717) is 0 Å². The second kappa shape index (κ2) is 3.88. The van der Waals surface area contributed by atoms with Gasteiger partial charge >= 0.3 is 80.2 Å². The van der Waals surface area contributed by atoms with Crippen LogP contribution in [0, 0.1) is 0 Å². The normalized spacial score (nSPS) is 18.0. The average Bonchev–Trinajstić information content (AvgIpc) is 2.34. The minimum atomic E-state index is 0.0712. The van der Waals surface area contributed by atoms with Crippen molar-refractivity contribution in [1.29, 1.82) is 0 Å². The molecule has 66 valence electrons. The van der Waals surface area contributed by atoms with Crippen LogP contribution in [0.4, 0.5) is 4.79 Å². The monoisotopic (exact) mass is 204 g/mol. The fourth-order valence-electron chi connectivity index (χ4n) is 1.08. The number of carbonyl (C=O) groups excluding carboxylic acids is 1. The zero-order valence-corrected chi connectivity index (χ0v) is 8.55. The third-order valence-electron chi connectivity index (χ3n) is 1.79. The number of hydrogen-bond donors (Lipinski definition) is 0. The van der Waals surface area contributed by atoms with Crippen LogP contribution in [-0.4, -0.2) is 40.5 Å². The van der Waals surface area contributed by atoms with Crippen molar-refractivity contribution in [2.45, 2.75) is 6.92 Å². The Morgan fingerprint density at radius 1 is 1.58 bits per heavy atom. The van der Waals surface area contributed by atoms with Crippen molar-refractivity contribution < 1.29 is 20.6 Å². The molecular weight excluding hydrogens is 192 g/mol. The summed E-state index contributed by atoms with van der Waals surface area (Å²) in [5.74, 6) is 0. The summed E-state index contributed by atoms with van der Waals surface area (Å²) in [5, 5.41) is 0. The van der Waals surface area contributed by atoms with Gasteiger partial charge in [0.15, 0.2) is 0 Å². The number of urea groups is 1. The van der Waals surface area contributed by atoms with E-state index in [2.05, 4.69) is 15.9 Å². The summed E-state index contributed by atoms with van der Waals surface area (Å²) < 4.78 is 0.895. The zero-order valence-electron chi connectivity index (χ0n) is 7.28. The van der Waals surface area contributed by atoms with E-state index >= 15 is 0 Å². The van der Waals surface area contributed by atoms with Crippen molar-refractivity contribution in [3.63, 3.8) is 0 Å². The molecule has 0 unspecified atom stereocenters. The van der Waals surface area contributed by atoms with Crippen LogP contribution in [-0.2, 0) is 15.9 Å². The molecule has 1 rings (SSSR count). The molecule has 0 saturated carbocycles. The van der Waals surface area contributed by atoms with E-state index in [9.17, 15) is 4.79 Å². The van der Waals surface area contributed by atoms with Crippen molar-refractivity contribution in [2.75, 3.05) is 20.1 Å². The molecule has 0 radical (unpaired) electrons. The molecule has 0 aromatic rings. The van der Waals surface area contributed by atoms with E-state index in [1.54, 1.807) is 9.80 Å². The summed E-state index contributed by atoms with van der Waals surface area (Å²) >= 11 is 2.88. The van der Waals surface area contributed by atoms with E-state index in [-0.39, 0.29) is 6.03 Å². The maximum atomic E-state index is 11.4. The third kappa shape index (κ3) is 1.77. The van der Waals surface area contributed by atoms with Crippen LogP contribution in [0.1, 0.15) is 6.92 Å². The van der Waals surface area contributed by atoms with Gasteiger partial charge < -0.3 is 0 Å². The predicted molar refractivity (Wildman–Crippen MR) is 44.6 cm³/mol. The van der Waals surface area contributed by atoms with Crippen molar-refractivity contribution in [1.82, 2.24) is 9.80 Å². The Labute approximate surface area is 80.6 Å². The Bertz CT molecular complexity index is 237. The number of carbonyl (C=O) groups is 1. The van der Waals surface area contributed by atoms with Crippen molar-refractivity contribution in [3.05, 3.63) is 12.2 Å². The van der Waals surface area contributed by atoms with Gasteiger partial charge in [-0.25, -0.2) is 0 Å². The third-order valence-corrected chi connectivity index (χ3v) is 2.35. The first-order chi connectivity index (χ1) is 5.66. The van der Waals surface area contributed by atoms with Gasteiger partial charge in [-0.3, -0.25) is 0 Å². The van der Waals surface area contributed by atoms with Crippen LogP contribution in [0.3, 0.4) is 0 Å². The first-order valence-electron chi connectivity index (χ1n) is 3.86. The molecule has 12 heavy (non-hydrogen) atoms. The molecule has 0 atom stereocenters. The van der Waals surface area contributed by atoms with E-state index < -0.39 is 0 Å². The van der Waals surface area contributed by atoms with Crippen molar-refractivity contribution >= 4 is 10.5 Å². The van der Waals surface area contributed by atoms with Crippen LogP contribution in [0.25, 0.3) is 0 Å². The Kier molecular flexibility index (Phi) is 3.07. The molecule has 0 bridgehead atoms. The first kappa shape index (κ1) is 9.50. The molecule has 1 saturated heterocycles. The molecule has 1 heterocycles. The Hall–Kier alpha value is -0.588. The van der Waals surface area contributed by atoms with Gasteiger partial charge in [-0.2, -0.15) is 0 Å². The molecule has 4 heteroatoms. The topological polar surface area (TPSA) is 23.6 Å². The maximum absolute atomic E-state index is 11.4. The second-order valence-corrected chi connectivity index (χ2v) is 3.35. The summed E-state index contributed by atoms with van der Waals surface area (Å²) in [7, 11) is 1.81. The standard InChI is InChI=1S/C8H12N2O.Cr/c1-3-4-5-10-7-6-9(2)8(10)11;/h3-4H,6-7H2,1-2H3;/b4-3+;. The SMILES string of the molecule is C/C=C/[C](=[Cr])N1CCN(C)C1=O. The molecule has 0 aromatic heterocycles. The first-order valence-corrected chi connectivity index (χ1v) is 4.50. The Balaban J connectivity index is 2.66. The summed E-state index contributed by atoms with van der Waals surface area (Å²) in [6, 6.07) is 0.0712. The second-order valence-electron chi connectivity index (χ2n) is 2.69. The van der Waals surface area contributed by atoms with E-state index in [1.165, 1.54) is 0 Å². The number of nitrogens with zero attached hydrogens (tertiary/aromatic N) is 2. The van der Waals surface area contributed by atoms with Crippen LogP contribution >= 0.6 is 0 Å². The van der Waals surface area contributed by atoms with Crippen molar-refractivity contribution in [2.24, 2.45) is 0 Å². The predicted octanol–water partition coefficient (Wildman–Crippen LogP) is 0.607. The summed E-state index contributed by atoms with van der Waals surface area (Å²) in [6.07, 6.45) is 3.81. The number of rotatable bonds is 2. The molecular formula is C8H12CrN2O. The van der Waals surface area contributed by atoms with Gasteiger partial charge in [0, 0.05) is 0 Å². The van der Waals surface area contributed by atoms with E-state index in [4.69, 9.17) is 0 Å². The molecule has 1 fully saturated rings. The molecule has 1 aliphatic rings. The van der Waals surface area contributed by atoms with Crippen LogP contribution in [0.5, 0.6) is 0 Å². The van der Waals surface area contributed by atoms with Crippen LogP contribution < -0.4 is 0 Å². The summed E-state index contributed by atoms with van der Waals surface area (Å²) in [6.45, 7) is 3.52. The van der Waals surface area contributed by atoms with Gasteiger partial charge in [0.05, 0.1) is 0 Å². The minimum absolute atomic E-state index is 0.0712. The van der Waals surface area contributed by atoms with Gasteiger partial charge in [0.25, 0.3) is 0 Å². The van der Waals surface area contributed by atoms with Gasteiger partial charge in [-0.05, 0) is 0 Å². The van der Waals surface area contributed by atoms with E-state index in [0.717, 1.165) is 17.6 Å². The molecule has 0 aromatic carbocycles. The molecule has 1 aliphatic heterocycles. The van der Waals surface area contributed by atoms with Gasteiger partial charge in [0.1, 0.15) is 0 Å². The van der Waals surface area contributed by atoms with E-state index in [1.807, 2.05) is 26.1 Å². The molecule has 0 spiro atoms.